The average Bonchev–Trinajstić information content (AvgIpc) is 2.78. The average molecular weight is 369 g/mol. The number of carbonyl (C=O) groups excluding carboxylic acids is 1. The Labute approximate surface area is 162 Å². The maximum atomic E-state index is 13.5. The van der Waals surface area contributed by atoms with E-state index in [1.54, 1.807) is 66.9 Å². The van der Waals surface area contributed by atoms with Crippen molar-refractivity contribution in [3.8, 4) is 0 Å². The Hall–Kier alpha value is -3.54. The Bertz CT molecular complexity index is 1070. The second kappa shape index (κ2) is 7.23. The number of aromatic nitrogens is 1. The molecule has 3 N–H and O–H groups in total. The zero-order valence-corrected chi connectivity index (χ0v) is 15.1. The number of amides is 1. The highest BCUT2D eigenvalue weighted by atomic mass is 16.3. The monoisotopic (exact) mass is 369 g/mol. The van der Waals surface area contributed by atoms with Crippen LogP contribution in [0.15, 0.2) is 97.2 Å². The third-order valence-corrected chi connectivity index (χ3v) is 4.78. The SMILES string of the molecule is NN(C(=O)C(O)(c1ccccc1)c1ccccc1)c1cccc2cccnc12. The fraction of sp³-hybridized carbons (Fsp3) is 0.0435. The van der Waals surface area contributed by atoms with Gasteiger partial charge >= 0.3 is 0 Å². The molecule has 0 saturated carbocycles. The molecular weight excluding hydrogens is 350 g/mol. The van der Waals surface area contributed by atoms with Crippen molar-refractivity contribution in [2.75, 3.05) is 5.01 Å². The minimum absolute atomic E-state index is 0.424. The molecule has 0 fully saturated rings. The Balaban J connectivity index is 1.86. The van der Waals surface area contributed by atoms with E-state index in [1.165, 1.54) is 0 Å². The van der Waals surface area contributed by atoms with Crippen LogP contribution >= 0.6 is 0 Å². The van der Waals surface area contributed by atoms with Gasteiger partial charge in [-0.25, -0.2) is 10.9 Å². The summed E-state index contributed by atoms with van der Waals surface area (Å²) in [5, 5.41) is 13.5. The van der Waals surface area contributed by atoms with Crippen LogP contribution in [-0.2, 0) is 10.4 Å². The van der Waals surface area contributed by atoms with E-state index in [-0.39, 0.29) is 0 Å². The van der Waals surface area contributed by atoms with Gasteiger partial charge in [-0.05, 0) is 23.3 Å². The van der Waals surface area contributed by atoms with Gasteiger partial charge in [0.1, 0.15) is 0 Å². The number of carbonyl (C=O) groups is 1. The lowest BCUT2D eigenvalue weighted by molar-refractivity contribution is -0.133. The zero-order chi connectivity index (χ0) is 19.6. The van der Waals surface area contributed by atoms with Crippen LogP contribution in [0, 0.1) is 0 Å². The summed E-state index contributed by atoms with van der Waals surface area (Å²) < 4.78 is 0. The Morgan fingerprint density at radius 2 is 1.39 bits per heavy atom. The largest absolute Gasteiger partial charge is 0.372 e. The van der Waals surface area contributed by atoms with Gasteiger partial charge in [0.05, 0.1) is 11.2 Å². The number of benzene rings is 3. The quantitative estimate of drug-likeness (QED) is 0.328. The maximum absolute atomic E-state index is 13.5. The van der Waals surface area contributed by atoms with Crippen LogP contribution in [-0.4, -0.2) is 16.0 Å². The molecule has 28 heavy (non-hydrogen) atoms. The molecule has 1 aromatic heterocycles. The predicted octanol–water partition coefficient (Wildman–Crippen LogP) is 3.38. The van der Waals surface area contributed by atoms with Gasteiger partial charge in [0.25, 0.3) is 5.91 Å². The van der Waals surface area contributed by atoms with Crippen LogP contribution < -0.4 is 10.9 Å². The highest BCUT2D eigenvalue weighted by Crippen LogP contribution is 2.33. The molecular formula is C23H19N3O2. The number of anilines is 1. The van der Waals surface area contributed by atoms with Crippen molar-refractivity contribution in [2.24, 2.45) is 5.84 Å². The van der Waals surface area contributed by atoms with Crippen molar-refractivity contribution in [2.45, 2.75) is 5.60 Å². The number of nitrogens with two attached hydrogens (primary N) is 1. The zero-order valence-electron chi connectivity index (χ0n) is 15.1. The summed E-state index contributed by atoms with van der Waals surface area (Å²) in [6, 6.07) is 26.7. The molecule has 138 valence electrons. The number of nitrogens with zero attached hydrogens (tertiary/aromatic N) is 2. The van der Waals surface area contributed by atoms with Crippen molar-refractivity contribution in [1.82, 2.24) is 4.98 Å². The second-order valence-corrected chi connectivity index (χ2v) is 6.47. The Morgan fingerprint density at radius 1 is 0.821 bits per heavy atom. The number of fused-ring (bicyclic) bond motifs is 1. The molecule has 1 heterocycles. The molecule has 1 amide bonds. The summed E-state index contributed by atoms with van der Waals surface area (Å²) in [4.78, 5) is 17.9. The molecule has 4 rings (SSSR count). The molecule has 0 saturated heterocycles. The second-order valence-electron chi connectivity index (χ2n) is 6.47. The minimum Gasteiger partial charge on any atom is -0.372 e. The molecule has 0 bridgehead atoms. The van der Waals surface area contributed by atoms with E-state index < -0.39 is 11.5 Å². The van der Waals surface area contributed by atoms with Gasteiger partial charge in [0, 0.05) is 11.6 Å². The molecule has 0 spiro atoms. The van der Waals surface area contributed by atoms with E-state index in [9.17, 15) is 9.90 Å². The van der Waals surface area contributed by atoms with E-state index in [4.69, 9.17) is 5.84 Å². The first-order chi connectivity index (χ1) is 13.6. The van der Waals surface area contributed by atoms with E-state index in [1.807, 2.05) is 30.3 Å². The third kappa shape index (κ3) is 2.93. The lowest BCUT2D eigenvalue weighted by Gasteiger charge is -2.32. The predicted molar refractivity (Wildman–Crippen MR) is 109 cm³/mol. The number of aliphatic hydroxyl groups is 1. The highest BCUT2D eigenvalue weighted by molar-refractivity contribution is 6.06. The van der Waals surface area contributed by atoms with Gasteiger partial charge in [-0.15, -0.1) is 0 Å². The van der Waals surface area contributed by atoms with Crippen LogP contribution in [0.2, 0.25) is 0 Å². The molecule has 4 aromatic rings. The smallest absolute Gasteiger partial charge is 0.282 e. The Morgan fingerprint density at radius 3 is 2.00 bits per heavy atom. The summed E-state index contributed by atoms with van der Waals surface area (Å²) in [5.41, 5.74) is -0.0452. The molecule has 0 aliphatic heterocycles. The van der Waals surface area contributed by atoms with Crippen LogP contribution in [0.3, 0.4) is 0 Å². The van der Waals surface area contributed by atoms with Crippen LogP contribution in [0.25, 0.3) is 10.9 Å². The lowest BCUT2D eigenvalue weighted by atomic mass is 9.85. The van der Waals surface area contributed by atoms with Crippen LogP contribution in [0.4, 0.5) is 5.69 Å². The van der Waals surface area contributed by atoms with Crippen molar-refractivity contribution in [3.63, 3.8) is 0 Å². The van der Waals surface area contributed by atoms with Crippen molar-refractivity contribution >= 4 is 22.5 Å². The normalized spacial score (nSPS) is 11.4. The topological polar surface area (TPSA) is 79.5 Å². The van der Waals surface area contributed by atoms with E-state index in [2.05, 4.69) is 4.98 Å². The number of rotatable bonds is 4. The number of hydrogen-bond donors (Lipinski definition) is 2. The van der Waals surface area contributed by atoms with Crippen molar-refractivity contribution in [3.05, 3.63) is 108 Å². The molecule has 5 heteroatoms. The molecule has 0 aliphatic rings. The van der Waals surface area contributed by atoms with Gasteiger partial charge in [-0.2, -0.15) is 0 Å². The van der Waals surface area contributed by atoms with Gasteiger partial charge < -0.3 is 5.11 Å². The molecule has 5 nitrogen and oxygen atoms in total. The van der Waals surface area contributed by atoms with Gasteiger partial charge in [0.2, 0.25) is 0 Å². The van der Waals surface area contributed by atoms with Crippen molar-refractivity contribution in [1.29, 1.82) is 0 Å². The number of pyridine rings is 1. The Kier molecular flexibility index (Phi) is 4.61. The van der Waals surface area contributed by atoms with Crippen molar-refractivity contribution < 1.29 is 9.90 Å². The van der Waals surface area contributed by atoms with E-state index >= 15 is 0 Å². The first-order valence-corrected chi connectivity index (χ1v) is 8.89. The number of hydrazine groups is 1. The van der Waals surface area contributed by atoms with Crippen LogP contribution in [0.5, 0.6) is 0 Å². The highest BCUT2D eigenvalue weighted by Gasteiger charge is 2.43. The van der Waals surface area contributed by atoms with E-state index in [0.717, 1.165) is 10.4 Å². The molecule has 3 aromatic carbocycles. The first kappa shape index (κ1) is 17.9. The van der Waals surface area contributed by atoms with Crippen LogP contribution in [0.1, 0.15) is 11.1 Å². The minimum atomic E-state index is -1.94. The molecule has 0 atom stereocenters. The van der Waals surface area contributed by atoms with Gasteiger partial charge in [-0.3, -0.25) is 9.78 Å². The molecule has 0 aliphatic carbocycles. The number of para-hydroxylation sites is 1. The molecule has 0 unspecified atom stereocenters. The summed E-state index contributed by atoms with van der Waals surface area (Å²) in [6.45, 7) is 0. The fourth-order valence-electron chi connectivity index (χ4n) is 3.34. The summed E-state index contributed by atoms with van der Waals surface area (Å²) in [6.07, 6.45) is 1.64. The standard InChI is InChI=1S/C23H19N3O2/c24-26(20-15-7-9-17-10-8-16-25-21(17)20)22(27)23(28,18-11-3-1-4-12-18)19-13-5-2-6-14-19/h1-16,28H,24H2. The lowest BCUT2D eigenvalue weighted by Crippen LogP contribution is -2.51. The van der Waals surface area contributed by atoms with Gasteiger partial charge in [-0.1, -0.05) is 78.9 Å². The first-order valence-electron chi connectivity index (χ1n) is 8.89. The van der Waals surface area contributed by atoms with E-state index in [0.29, 0.717) is 22.3 Å². The molecule has 0 radical (unpaired) electrons. The van der Waals surface area contributed by atoms with Gasteiger partial charge in [0.15, 0.2) is 5.60 Å². The fourth-order valence-corrected chi connectivity index (χ4v) is 3.34. The summed E-state index contributed by atoms with van der Waals surface area (Å²) in [5.74, 6) is 5.59. The third-order valence-electron chi connectivity index (χ3n) is 4.78. The summed E-state index contributed by atoms with van der Waals surface area (Å²) in [7, 11) is 0. The summed E-state index contributed by atoms with van der Waals surface area (Å²) >= 11 is 0. The maximum Gasteiger partial charge on any atom is 0.282 e. The number of hydrogen-bond acceptors (Lipinski definition) is 4.